The lowest BCUT2D eigenvalue weighted by Crippen LogP contribution is -2.30. The third-order valence-corrected chi connectivity index (χ3v) is 10.9. The Kier molecular flexibility index (Phi) is 8.25. The van der Waals surface area contributed by atoms with Gasteiger partial charge in [0, 0.05) is 24.7 Å². The lowest BCUT2D eigenvalue weighted by Gasteiger charge is -2.34. The van der Waals surface area contributed by atoms with Crippen LogP contribution in [0.15, 0.2) is 140 Å². The molecule has 0 fully saturated rings. The van der Waals surface area contributed by atoms with Crippen LogP contribution in [-0.2, 0) is 16.2 Å². The molecule has 0 spiro atoms. The highest BCUT2D eigenvalue weighted by atomic mass is 16.5. The Hall–Kier alpha value is -5.74. The zero-order valence-corrected chi connectivity index (χ0v) is 32.0. The lowest BCUT2D eigenvalue weighted by molar-refractivity contribution is 0.480. The number of fused-ring (bicyclic) bond motifs is 3. The number of pyridine rings is 1. The number of nitrogens with zero attached hydrogens (tertiary/aromatic N) is 3. The summed E-state index contributed by atoms with van der Waals surface area (Å²) in [6, 6.07) is 43.8. The summed E-state index contributed by atoms with van der Waals surface area (Å²) in [4.78, 5) is 5.16. The van der Waals surface area contributed by atoms with Crippen molar-refractivity contribution < 1.29 is 4.74 Å². The van der Waals surface area contributed by atoms with E-state index in [1.54, 1.807) is 6.20 Å². The van der Waals surface area contributed by atoms with E-state index in [0.29, 0.717) is 0 Å². The molecular weight excluding hydrogens is 647 g/mol. The van der Waals surface area contributed by atoms with Gasteiger partial charge in [-0.2, -0.15) is 5.10 Å². The van der Waals surface area contributed by atoms with Gasteiger partial charge in [0.15, 0.2) is 0 Å². The van der Waals surface area contributed by atoms with Crippen molar-refractivity contribution in [2.24, 2.45) is 0 Å². The number of aryl methyl sites for hydroxylation is 2. The van der Waals surface area contributed by atoms with Crippen LogP contribution in [0, 0.1) is 13.8 Å². The van der Waals surface area contributed by atoms with Gasteiger partial charge in [0.2, 0.25) is 0 Å². The molecule has 4 nitrogen and oxygen atoms in total. The zero-order valence-electron chi connectivity index (χ0n) is 32.0. The van der Waals surface area contributed by atoms with Crippen LogP contribution in [0.2, 0.25) is 0 Å². The van der Waals surface area contributed by atoms with E-state index in [1.807, 2.05) is 29.2 Å². The summed E-state index contributed by atoms with van der Waals surface area (Å²) in [6.07, 6.45) is 5.70. The first-order valence-corrected chi connectivity index (χ1v) is 18.6. The summed E-state index contributed by atoms with van der Waals surface area (Å²) in [6.45, 7) is 18.1. The fraction of sp³-hybridized carbons (Fsp3) is 0.224. The fourth-order valence-corrected chi connectivity index (χ4v) is 8.12. The molecule has 0 unspecified atom stereocenters. The first-order chi connectivity index (χ1) is 25.3. The van der Waals surface area contributed by atoms with E-state index < -0.39 is 5.41 Å². The number of hydrogen-bond acceptors (Lipinski definition) is 3. The monoisotopic (exact) mass is 693 g/mol. The van der Waals surface area contributed by atoms with E-state index in [-0.39, 0.29) is 10.8 Å². The van der Waals surface area contributed by atoms with E-state index >= 15 is 0 Å². The van der Waals surface area contributed by atoms with Gasteiger partial charge in [-0.15, -0.1) is 0 Å². The Morgan fingerprint density at radius 3 is 1.83 bits per heavy atom. The average Bonchev–Trinajstić information content (AvgIpc) is 3.77. The molecule has 0 amide bonds. The van der Waals surface area contributed by atoms with Gasteiger partial charge in [0.05, 0.1) is 16.8 Å². The highest BCUT2D eigenvalue weighted by Crippen LogP contribution is 2.57. The van der Waals surface area contributed by atoms with Crippen LogP contribution in [0.25, 0.3) is 27.9 Å². The minimum absolute atomic E-state index is 0.0338. The van der Waals surface area contributed by atoms with Gasteiger partial charge in [0.25, 0.3) is 0 Å². The third-order valence-electron chi connectivity index (χ3n) is 10.9. The molecule has 0 saturated carbocycles. The highest BCUT2D eigenvalue weighted by Gasteiger charge is 2.48. The summed E-state index contributed by atoms with van der Waals surface area (Å²) < 4.78 is 8.80. The lowest BCUT2D eigenvalue weighted by atomic mass is 9.68. The second-order valence-electron chi connectivity index (χ2n) is 16.5. The van der Waals surface area contributed by atoms with Crippen LogP contribution < -0.4 is 4.74 Å². The van der Waals surface area contributed by atoms with Crippen LogP contribution in [0.5, 0.6) is 11.5 Å². The maximum atomic E-state index is 6.91. The number of ether oxygens (including phenoxy) is 1. The molecule has 4 heteroatoms. The molecule has 0 bridgehead atoms. The second kappa shape index (κ2) is 12.7. The van der Waals surface area contributed by atoms with Crippen LogP contribution in [-0.4, -0.2) is 14.8 Å². The zero-order chi connectivity index (χ0) is 37.1. The first-order valence-electron chi connectivity index (χ1n) is 18.6. The molecule has 264 valence electrons. The Morgan fingerprint density at radius 2 is 1.25 bits per heavy atom. The molecule has 0 saturated heterocycles. The maximum absolute atomic E-state index is 6.91. The number of hydrogen-bond donors (Lipinski definition) is 0. The Morgan fingerprint density at radius 1 is 0.585 bits per heavy atom. The summed E-state index contributed by atoms with van der Waals surface area (Å²) in [5.74, 6) is 1.51. The van der Waals surface area contributed by atoms with Gasteiger partial charge < -0.3 is 4.74 Å². The molecular formula is C49H47N3O. The SMILES string of the molecule is Cc1cccc(C)c1-c1cc(Oc2cccc(C3(c4ccccn4)c4cc(C(C)(C)C)ccc4-c4ccc(C(C)(C)C)cc43)c2)cc(-n2cccn2)c1. The summed E-state index contributed by atoms with van der Waals surface area (Å²) >= 11 is 0. The van der Waals surface area contributed by atoms with Crippen molar-refractivity contribution in [3.63, 3.8) is 0 Å². The number of aromatic nitrogens is 3. The second-order valence-corrected chi connectivity index (χ2v) is 16.5. The van der Waals surface area contributed by atoms with E-state index in [4.69, 9.17) is 9.72 Å². The predicted molar refractivity (Wildman–Crippen MR) is 217 cm³/mol. The predicted octanol–water partition coefficient (Wildman–Crippen LogP) is 12.3. The normalized spacial score (nSPS) is 13.4. The molecule has 5 aromatic carbocycles. The molecule has 1 aliphatic carbocycles. The largest absolute Gasteiger partial charge is 0.457 e. The molecule has 2 heterocycles. The van der Waals surface area contributed by atoms with E-state index in [2.05, 4.69) is 170 Å². The quantitative estimate of drug-likeness (QED) is 0.174. The average molecular weight is 694 g/mol. The van der Waals surface area contributed by atoms with Crippen LogP contribution in [0.1, 0.15) is 86.2 Å². The van der Waals surface area contributed by atoms with Gasteiger partial charge >= 0.3 is 0 Å². The fourth-order valence-electron chi connectivity index (χ4n) is 8.12. The van der Waals surface area contributed by atoms with E-state index in [9.17, 15) is 0 Å². The van der Waals surface area contributed by atoms with Gasteiger partial charge in [-0.05, 0) is 128 Å². The van der Waals surface area contributed by atoms with E-state index in [1.165, 1.54) is 50.1 Å². The minimum atomic E-state index is -0.672. The Labute approximate surface area is 314 Å². The standard InChI is InChI=1S/C49H47N3O/c1-32-14-11-15-33(2)46(32)34-26-38(52-25-13-24-51-52)31-40(27-34)53-39-17-12-16-37(28-39)49(45-18-9-10-23-50-45)43-29-35(47(3,4)5)19-21-41(43)42-22-20-36(30-44(42)49)48(6,7)8/h9-31H,1-8H3. The van der Waals surface area contributed by atoms with Crippen molar-refractivity contribution in [1.29, 1.82) is 0 Å². The van der Waals surface area contributed by atoms with Crippen molar-refractivity contribution in [3.05, 3.63) is 185 Å². The molecule has 53 heavy (non-hydrogen) atoms. The van der Waals surface area contributed by atoms with Crippen LogP contribution >= 0.6 is 0 Å². The third kappa shape index (κ3) is 5.96. The van der Waals surface area contributed by atoms with Gasteiger partial charge in [-0.3, -0.25) is 4.98 Å². The summed E-state index contributed by atoms with van der Waals surface area (Å²) in [7, 11) is 0. The molecule has 8 rings (SSSR count). The van der Waals surface area contributed by atoms with Crippen molar-refractivity contribution in [3.8, 4) is 39.4 Å². The molecule has 0 N–H and O–H groups in total. The molecule has 2 aromatic heterocycles. The van der Waals surface area contributed by atoms with Crippen molar-refractivity contribution in [2.45, 2.75) is 71.6 Å². The van der Waals surface area contributed by atoms with Gasteiger partial charge in [0.1, 0.15) is 11.5 Å². The van der Waals surface area contributed by atoms with Crippen molar-refractivity contribution in [2.75, 3.05) is 0 Å². The number of rotatable bonds is 6. The molecule has 0 aliphatic heterocycles. The Bertz CT molecular complexity index is 2380. The minimum Gasteiger partial charge on any atom is -0.457 e. The summed E-state index contributed by atoms with van der Waals surface area (Å²) in [5, 5.41) is 4.57. The summed E-state index contributed by atoms with van der Waals surface area (Å²) in [5.41, 5.74) is 14.6. The molecule has 0 atom stereocenters. The van der Waals surface area contributed by atoms with Gasteiger partial charge in [-0.1, -0.05) is 114 Å². The van der Waals surface area contributed by atoms with Crippen molar-refractivity contribution in [1.82, 2.24) is 14.8 Å². The highest BCUT2D eigenvalue weighted by molar-refractivity contribution is 5.87. The van der Waals surface area contributed by atoms with Crippen LogP contribution in [0.4, 0.5) is 0 Å². The van der Waals surface area contributed by atoms with Gasteiger partial charge in [-0.25, -0.2) is 4.68 Å². The number of benzene rings is 5. The smallest absolute Gasteiger partial charge is 0.130 e. The topological polar surface area (TPSA) is 39.9 Å². The first kappa shape index (κ1) is 34.4. The molecule has 1 aliphatic rings. The Balaban J connectivity index is 1.35. The van der Waals surface area contributed by atoms with Crippen molar-refractivity contribution >= 4 is 0 Å². The molecule has 0 radical (unpaired) electrons. The maximum Gasteiger partial charge on any atom is 0.130 e. The van der Waals surface area contributed by atoms with Crippen LogP contribution in [0.3, 0.4) is 0 Å². The molecule has 7 aromatic rings. The van der Waals surface area contributed by atoms with E-state index in [0.717, 1.165) is 34.0 Å².